The fraction of sp³-hybridized carbons (Fsp3) is 0.400. The third-order valence-electron chi connectivity index (χ3n) is 3.10. The van der Waals surface area contributed by atoms with Gasteiger partial charge in [-0.25, -0.2) is 0 Å². The normalized spacial score (nSPS) is 16.7. The second-order valence-electron chi connectivity index (χ2n) is 5.29. The maximum Gasteiger partial charge on any atom is 0.294 e. The van der Waals surface area contributed by atoms with Gasteiger partial charge in [0.1, 0.15) is 6.54 Å². The summed E-state index contributed by atoms with van der Waals surface area (Å²) in [5.74, 6) is -0.722. The molecule has 6 nitrogen and oxygen atoms in total. The number of hydrogen-bond acceptors (Lipinski definition) is 6. The van der Waals surface area contributed by atoms with Gasteiger partial charge in [0.05, 0.1) is 4.91 Å². The first-order valence-electron chi connectivity index (χ1n) is 7.17. The summed E-state index contributed by atoms with van der Waals surface area (Å²) in [7, 11) is 3.92. The molecule has 2 rings (SSSR count). The van der Waals surface area contributed by atoms with Crippen LogP contribution in [-0.2, 0) is 9.59 Å². The maximum absolute atomic E-state index is 12.2. The van der Waals surface area contributed by atoms with Crippen LogP contribution in [0.15, 0.2) is 22.4 Å². The number of carbonyl (C=O) groups is 3. The molecule has 0 spiro atoms. The van der Waals surface area contributed by atoms with E-state index in [0.29, 0.717) is 11.4 Å². The number of imide groups is 1. The van der Waals surface area contributed by atoms with E-state index in [9.17, 15) is 14.4 Å². The summed E-state index contributed by atoms with van der Waals surface area (Å²) in [5, 5.41) is 4.23. The highest BCUT2D eigenvalue weighted by molar-refractivity contribution is 8.18. The molecule has 2 heterocycles. The lowest BCUT2D eigenvalue weighted by atomic mass is 10.3. The van der Waals surface area contributed by atoms with E-state index < -0.39 is 11.1 Å². The van der Waals surface area contributed by atoms with E-state index in [2.05, 4.69) is 5.32 Å². The predicted molar refractivity (Wildman–Crippen MR) is 93.2 cm³/mol. The lowest BCUT2D eigenvalue weighted by molar-refractivity contribution is -0.129. The van der Waals surface area contributed by atoms with Crippen molar-refractivity contribution in [1.82, 2.24) is 15.1 Å². The van der Waals surface area contributed by atoms with E-state index in [1.807, 2.05) is 36.5 Å². The van der Waals surface area contributed by atoms with Crippen LogP contribution >= 0.6 is 23.1 Å². The zero-order valence-corrected chi connectivity index (χ0v) is 14.7. The topological polar surface area (TPSA) is 69.7 Å². The Morgan fingerprint density at radius 3 is 2.83 bits per heavy atom. The van der Waals surface area contributed by atoms with E-state index >= 15 is 0 Å². The van der Waals surface area contributed by atoms with Gasteiger partial charge in [-0.15, -0.1) is 11.3 Å². The first-order chi connectivity index (χ1) is 11.0. The Hall–Kier alpha value is -1.64. The molecule has 0 unspecified atom stereocenters. The minimum absolute atomic E-state index is 0.228. The summed E-state index contributed by atoms with van der Waals surface area (Å²) < 4.78 is 0. The summed E-state index contributed by atoms with van der Waals surface area (Å²) in [6.45, 7) is 1.16. The molecular formula is C15H19N3O3S2. The molecule has 0 aliphatic carbocycles. The average Bonchev–Trinajstić information content (AvgIpc) is 3.08. The Bertz CT molecular complexity index is 611. The van der Waals surface area contributed by atoms with Gasteiger partial charge in [-0.3, -0.25) is 19.3 Å². The van der Waals surface area contributed by atoms with Gasteiger partial charge in [0.15, 0.2) is 0 Å². The van der Waals surface area contributed by atoms with Crippen LogP contribution in [0.25, 0.3) is 6.08 Å². The Morgan fingerprint density at radius 1 is 1.39 bits per heavy atom. The van der Waals surface area contributed by atoms with Crippen LogP contribution < -0.4 is 5.32 Å². The molecule has 1 saturated heterocycles. The van der Waals surface area contributed by atoms with Crippen LogP contribution in [-0.4, -0.2) is 60.6 Å². The van der Waals surface area contributed by atoms with Gasteiger partial charge in [0.2, 0.25) is 5.91 Å². The van der Waals surface area contributed by atoms with Crippen LogP contribution in [0.5, 0.6) is 0 Å². The van der Waals surface area contributed by atoms with Crippen molar-refractivity contribution < 1.29 is 14.4 Å². The highest BCUT2D eigenvalue weighted by atomic mass is 32.2. The molecule has 0 bridgehead atoms. The molecule has 1 aromatic heterocycles. The first kappa shape index (κ1) is 17.7. The standard InChI is InChI=1S/C15H19N3O3S2/c1-17(2)7-4-6-16-13(19)10-18-14(20)12(23-15(18)21)9-11-5-3-8-22-11/h3,5,8-9H,4,6-7,10H2,1-2H3,(H,16,19). The molecule has 0 saturated carbocycles. The summed E-state index contributed by atoms with van der Waals surface area (Å²) in [6.07, 6.45) is 2.50. The molecule has 1 aromatic rings. The smallest absolute Gasteiger partial charge is 0.294 e. The van der Waals surface area contributed by atoms with Crippen molar-refractivity contribution in [2.75, 3.05) is 33.7 Å². The number of thioether (sulfide) groups is 1. The van der Waals surface area contributed by atoms with Crippen molar-refractivity contribution in [2.45, 2.75) is 6.42 Å². The van der Waals surface area contributed by atoms with Crippen molar-refractivity contribution in [2.24, 2.45) is 0 Å². The van der Waals surface area contributed by atoms with Gasteiger partial charge in [0, 0.05) is 11.4 Å². The second kappa shape index (κ2) is 8.28. The first-order valence-corrected chi connectivity index (χ1v) is 8.87. The predicted octanol–water partition coefficient (Wildman–Crippen LogP) is 1.85. The van der Waals surface area contributed by atoms with Gasteiger partial charge in [0.25, 0.3) is 11.1 Å². The van der Waals surface area contributed by atoms with Crippen LogP contribution in [0.2, 0.25) is 0 Å². The zero-order chi connectivity index (χ0) is 16.8. The van der Waals surface area contributed by atoms with Crippen molar-refractivity contribution in [3.63, 3.8) is 0 Å². The van der Waals surface area contributed by atoms with Gasteiger partial charge >= 0.3 is 0 Å². The van der Waals surface area contributed by atoms with Crippen LogP contribution in [0.4, 0.5) is 4.79 Å². The number of thiophene rings is 1. The number of amides is 3. The minimum atomic E-state index is -0.406. The summed E-state index contributed by atoms with van der Waals surface area (Å²) >= 11 is 2.36. The quantitative estimate of drug-likeness (QED) is 0.598. The molecule has 1 fully saturated rings. The Kier molecular flexibility index (Phi) is 6.37. The SMILES string of the molecule is CN(C)CCCNC(=O)CN1C(=O)SC(=Cc2cccs2)C1=O. The van der Waals surface area contributed by atoms with Gasteiger partial charge in [-0.1, -0.05) is 6.07 Å². The van der Waals surface area contributed by atoms with E-state index in [0.717, 1.165) is 34.5 Å². The lowest BCUT2D eigenvalue weighted by Crippen LogP contribution is -2.40. The van der Waals surface area contributed by atoms with Crippen molar-refractivity contribution in [3.05, 3.63) is 27.3 Å². The monoisotopic (exact) mass is 353 g/mol. The van der Waals surface area contributed by atoms with E-state index in [4.69, 9.17) is 0 Å². The van der Waals surface area contributed by atoms with E-state index in [-0.39, 0.29) is 12.5 Å². The highest BCUT2D eigenvalue weighted by Crippen LogP contribution is 2.32. The van der Waals surface area contributed by atoms with Gasteiger partial charge in [-0.2, -0.15) is 0 Å². The maximum atomic E-state index is 12.2. The fourth-order valence-corrected chi connectivity index (χ4v) is 3.52. The number of nitrogens with one attached hydrogen (secondary N) is 1. The van der Waals surface area contributed by atoms with Crippen LogP contribution in [0.1, 0.15) is 11.3 Å². The molecule has 3 amide bonds. The number of rotatable bonds is 7. The van der Waals surface area contributed by atoms with Crippen LogP contribution in [0, 0.1) is 0 Å². The number of nitrogens with zero attached hydrogens (tertiary/aromatic N) is 2. The summed E-state index contributed by atoms with van der Waals surface area (Å²) in [5.41, 5.74) is 0. The summed E-state index contributed by atoms with van der Waals surface area (Å²) in [4.78, 5) is 40.3. The van der Waals surface area contributed by atoms with E-state index in [1.54, 1.807) is 6.08 Å². The van der Waals surface area contributed by atoms with Crippen molar-refractivity contribution >= 4 is 46.2 Å². The Labute approximate surface area is 143 Å². The molecule has 0 aromatic carbocycles. The lowest BCUT2D eigenvalue weighted by Gasteiger charge is -2.13. The van der Waals surface area contributed by atoms with Gasteiger partial charge in [-0.05, 0) is 56.3 Å². The van der Waals surface area contributed by atoms with Crippen LogP contribution in [0.3, 0.4) is 0 Å². The number of hydrogen-bond donors (Lipinski definition) is 1. The molecule has 124 valence electrons. The van der Waals surface area contributed by atoms with Crippen molar-refractivity contribution in [3.8, 4) is 0 Å². The molecule has 8 heteroatoms. The minimum Gasteiger partial charge on any atom is -0.354 e. The molecule has 1 aliphatic heterocycles. The Balaban J connectivity index is 1.87. The average molecular weight is 353 g/mol. The number of carbonyl (C=O) groups excluding carboxylic acids is 3. The molecule has 1 aliphatic rings. The van der Waals surface area contributed by atoms with Crippen molar-refractivity contribution in [1.29, 1.82) is 0 Å². The molecule has 23 heavy (non-hydrogen) atoms. The highest BCUT2D eigenvalue weighted by Gasteiger charge is 2.36. The molecular weight excluding hydrogens is 334 g/mol. The van der Waals surface area contributed by atoms with Gasteiger partial charge < -0.3 is 10.2 Å². The second-order valence-corrected chi connectivity index (χ2v) is 7.26. The largest absolute Gasteiger partial charge is 0.354 e. The molecule has 0 atom stereocenters. The Morgan fingerprint density at radius 2 is 2.17 bits per heavy atom. The summed E-state index contributed by atoms with van der Waals surface area (Å²) in [6, 6.07) is 3.75. The molecule has 0 radical (unpaired) electrons. The third-order valence-corrected chi connectivity index (χ3v) is 4.82. The molecule has 1 N–H and O–H groups in total. The fourth-order valence-electron chi connectivity index (χ4n) is 1.96. The van der Waals surface area contributed by atoms with E-state index in [1.165, 1.54) is 11.3 Å². The third kappa shape index (κ3) is 5.19. The zero-order valence-electron chi connectivity index (χ0n) is 13.1.